The molecule has 0 radical (unpaired) electrons. The minimum atomic E-state index is -4.62. The Balaban J connectivity index is 1.24. The molecule has 5 aromatic carbocycles. The number of nitro groups is 1. The van der Waals surface area contributed by atoms with Gasteiger partial charge < -0.3 is 24.8 Å². The van der Waals surface area contributed by atoms with Gasteiger partial charge in [0.15, 0.2) is 0 Å². The maximum atomic E-state index is 13.7. The summed E-state index contributed by atoms with van der Waals surface area (Å²) in [4.78, 5) is 37.5. The van der Waals surface area contributed by atoms with E-state index in [1.165, 1.54) is 6.07 Å². The second kappa shape index (κ2) is 19.6. The molecule has 3 N–H and O–H groups in total. The van der Waals surface area contributed by atoms with Crippen molar-refractivity contribution in [1.29, 1.82) is 0 Å². The standard InChI is InChI=1S/C42H43ClN4O9S/c1-28-9-11-32(12-10-28)26-40(48)45-38(25-31-13-15-34(16-14-31)55-21-22-56-35-23-29(2)41(43)30(3)24-35)42(49)46-57(52,53)36-17-18-37(39(27-36)47(50)51)44-19-20-54-33-7-5-4-6-8-33/h4-18,23-24,27,38,44H,19-22,25-26H2,1-3H3,(H,45,48)(H,46,49)/t38-/m0/s1. The summed E-state index contributed by atoms with van der Waals surface area (Å²) in [5.74, 6) is 0.294. The molecular weight excluding hydrogens is 772 g/mol. The van der Waals surface area contributed by atoms with Crippen LogP contribution in [0.5, 0.6) is 17.2 Å². The lowest BCUT2D eigenvalue weighted by Crippen LogP contribution is -2.49. The lowest BCUT2D eigenvalue weighted by Gasteiger charge is -2.19. The van der Waals surface area contributed by atoms with Gasteiger partial charge in [0.1, 0.15) is 48.8 Å². The number of aryl methyl sites for hydroxylation is 3. The average molecular weight is 815 g/mol. The molecule has 298 valence electrons. The molecule has 5 aromatic rings. The van der Waals surface area contributed by atoms with Crippen molar-refractivity contribution in [3.63, 3.8) is 0 Å². The highest BCUT2D eigenvalue weighted by Gasteiger charge is 2.28. The molecule has 15 heteroatoms. The van der Waals surface area contributed by atoms with Crippen molar-refractivity contribution in [2.24, 2.45) is 0 Å². The molecule has 0 aliphatic heterocycles. The number of carbonyl (C=O) groups is 2. The molecule has 0 heterocycles. The Kier molecular flexibility index (Phi) is 14.5. The number of para-hydroxylation sites is 1. The topological polar surface area (TPSA) is 175 Å². The predicted molar refractivity (Wildman–Crippen MR) is 218 cm³/mol. The van der Waals surface area contributed by atoms with Crippen LogP contribution in [0.1, 0.15) is 27.8 Å². The Bertz CT molecular complexity index is 2270. The Morgan fingerprint density at radius 1 is 0.754 bits per heavy atom. The highest BCUT2D eigenvalue weighted by Crippen LogP contribution is 2.28. The molecule has 5 rings (SSSR count). The van der Waals surface area contributed by atoms with Crippen LogP contribution in [0.15, 0.2) is 114 Å². The summed E-state index contributed by atoms with van der Waals surface area (Å²) in [7, 11) is -4.62. The zero-order chi connectivity index (χ0) is 41.0. The van der Waals surface area contributed by atoms with E-state index in [-0.39, 0.29) is 44.9 Å². The van der Waals surface area contributed by atoms with Crippen molar-refractivity contribution in [3.8, 4) is 17.2 Å². The van der Waals surface area contributed by atoms with E-state index in [2.05, 4.69) is 10.6 Å². The fourth-order valence-electron chi connectivity index (χ4n) is 5.72. The summed E-state index contributed by atoms with van der Waals surface area (Å²) >= 11 is 6.24. The van der Waals surface area contributed by atoms with Crippen molar-refractivity contribution in [3.05, 3.63) is 152 Å². The van der Waals surface area contributed by atoms with Crippen LogP contribution in [-0.4, -0.2) is 57.6 Å². The molecule has 13 nitrogen and oxygen atoms in total. The summed E-state index contributed by atoms with van der Waals surface area (Å²) in [5, 5.41) is 18.2. The van der Waals surface area contributed by atoms with Gasteiger partial charge in [0.05, 0.1) is 16.2 Å². The molecular formula is C42H43ClN4O9S. The van der Waals surface area contributed by atoms with Crippen LogP contribution in [0.3, 0.4) is 0 Å². The van der Waals surface area contributed by atoms with Gasteiger partial charge in [0, 0.05) is 24.1 Å². The Hall–Kier alpha value is -6.12. The van der Waals surface area contributed by atoms with Crippen molar-refractivity contribution in [1.82, 2.24) is 10.0 Å². The molecule has 0 spiro atoms. The molecule has 2 amide bonds. The first-order valence-corrected chi connectivity index (χ1v) is 19.9. The van der Waals surface area contributed by atoms with Gasteiger partial charge in [0.2, 0.25) is 5.91 Å². The number of amides is 2. The maximum absolute atomic E-state index is 13.7. The van der Waals surface area contributed by atoms with Crippen LogP contribution >= 0.6 is 11.6 Å². The third-order valence-electron chi connectivity index (χ3n) is 8.67. The lowest BCUT2D eigenvalue weighted by molar-refractivity contribution is -0.384. The molecule has 0 aliphatic carbocycles. The summed E-state index contributed by atoms with van der Waals surface area (Å²) in [5.41, 5.74) is 3.67. The SMILES string of the molecule is Cc1ccc(CC(=O)N[C@@H](Cc2ccc(OCCOc3cc(C)c(Cl)c(C)c3)cc2)C(=O)NS(=O)(=O)c2ccc(NCCOc3ccccc3)c([N+](=O)[O-])c2)cc1. The number of halogens is 1. The van der Waals surface area contributed by atoms with Gasteiger partial charge in [0.25, 0.3) is 21.6 Å². The molecule has 0 saturated heterocycles. The predicted octanol–water partition coefficient (Wildman–Crippen LogP) is 6.90. The van der Waals surface area contributed by atoms with Crippen molar-refractivity contribution in [2.75, 3.05) is 31.7 Å². The van der Waals surface area contributed by atoms with Crippen molar-refractivity contribution < 1.29 is 37.1 Å². The monoisotopic (exact) mass is 814 g/mol. The van der Waals surface area contributed by atoms with Crippen LogP contribution in [0, 0.1) is 30.9 Å². The van der Waals surface area contributed by atoms with Gasteiger partial charge in [-0.05, 0) is 91.6 Å². The fraction of sp³-hybridized carbons (Fsp3) is 0.238. The van der Waals surface area contributed by atoms with Gasteiger partial charge in [-0.25, -0.2) is 13.1 Å². The van der Waals surface area contributed by atoms with E-state index in [9.17, 15) is 28.1 Å². The van der Waals surface area contributed by atoms with Crippen LogP contribution in [0.2, 0.25) is 5.02 Å². The molecule has 1 atom stereocenters. The molecule has 0 bridgehead atoms. The number of nitrogens with zero attached hydrogens (tertiary/aromatic N) is 1. The molecule has 0 unspecified atom stereocenters. The van der Waals surface area contributed by atoms with Crippen molar-refractivity contribution in [2.45, 2.75) is 44.6 Å². The zero-order valence-electron chi connectivity index (χ0n) is 31.6. The number of sulfonamides is 1. The van der Waals surface area contributed by atoms with Gasteiger partial charge in [-0.2, -0.15) is 0 Å². The summed E-state index contributed by atoms with van der Waals surface area (Å²) in [6.07, 6.45) is -0.133. The number of nitro benzene ring substituents is 1. The molecule has 0 aliphatic rings. The van der Waals surface area contributed by atoms with E-state index in [4.69, 9.17) is 25.8 Å². The van der Waals surface area contributed by atoms with E-state index >= 15 is 0 Å². The lowest BCUT2D eigenvalue weighted by atomic mass is 10.0. The van der Waals surface area contributed by atoms with Crippen LogP contribution in [0.25, 0.3) is 0 Å². The number of carbonyl (C=O) groups excluding carboxylic acids is 2. The smallest absolute Gasteiger partial charge is 0.293 e. The largest absolute Gasteiger partial charge is 0.492 e. The first-order chi connectivity index (χ1) is 27.3. The van der Waals surface area contributed by atoms with E-state index in [0.29, 0.717) is 33.4 Å². The quantitative estimate of drug-likeness (QED) is 0.0452. The number of anilines is 1. The van der Waals surface area contributed by atoms with Crippen LogP contribution < -0.4 is 29.6 Å². The maximum Gasteiger partial charge on any atom is 0.293 e. The molecule has 0 fully saturated rings. The summed E-state index contributed by atoms with van der Waals surface area (Å²) < 4.78 is 46.2. The first kappa shape index (κ1) is 42.0. The zero-order valence-corrected chi connectivity index (χ0v) is 33.2. The Labute approximate surface area is 336 Å². The second-order valence-corrected chi connectivity index (χ2v) is 15.3. The third kappa shape index (κ3) is 12.4. The Morgan fingerprint density at radius 2 is 1.35 bits per heavy atom. The highest BCUT2D eigenvalue weighted by atomic mass is 35.5. The van der Waals surface area contributed by atoms with E-state index in [1.807, 2.05) is 68.0 Å². The molecule has 57 heavy (non-hydrogen) atoms. The van der Waals surface area contributed by atoms with Crippen molar-refractivity contribution >= 4 is 44.8 Å². The normalized spacial score (nSPS) is 11.6. The average Bonchev–Trinajstić information content (AvgIpc) is 3.18. The number of hydrogen-bond donors (Lipinski definition) is 3. The van der Waals surface area contributed by atoms with Gasteiger partial charge in [-0.1, -0.05) is 71.8 Å². The summed E-state index contributed by atoms with van der Waals surface area (Å²) in [6.45, 7) is 6.61. The number of ether oxygens (including phenoxy) is 3. The molecule has 0 saturated carbocycles. The van der Waals surface area contributed by atoms with Gasteiger partial charge in [-0.15, -0.1) is 0 Å². The van der Waals surface area contributed by atoms with Gasteiger partial charge >= 0.3 is 0 Å². The summed E-state index contributed by atoms with van der Waals surface area (Å²) in [6, 6.07) is 28.7. The van der Waals surface area contributed by atoms with E-state index < -0.39 is 43.4 Å². The molecule has 0 aromatic heterocycles. The third-order valence-corrected chi connectivity index (χ3v) is 10.6. The minimum absolute atomic E-state index is 0.0577. The number of hydrogen-bond acceptors (Lipinski definition) is 10. The minimum Gasteiger partial charge on any atom is -0.492 e. The van der Waals surface area contributed by atoms with Crippen LogP contribution in [0.4, 0.5) is 11.4 Å². The number of rotatable bonds is 19. The number of benzene rings is 5. The van der Waals surface area contributed by atoms with E-state index in [1.54, 1.807) is 48.5 Å². The van der Waals surface area contributed by atoms with Gasteiger partial charge in [-0.3, -0.25) is 19.7 Å². The van der Waals surface area contributed by atoms with E-state index in [0.717, 1.165) is 28.8 Å². The van der Waals surface area contributed by atoms with Crippen LogP contribution in [-0.2, 0) is 32.5 Å². The fourth-order valence-corrected chi connectivity index (χ4v) is 6.87. The highest BCUT2D eigenvalue weighted by molar-refractivity contribution is 7.90. The number of nitrogens with one attached hydrogen (secondary N) is 3. The second-order valence-electron chi connectivity index (χ2n) is 13.2. The first-order valence-electron chi connectivity index (χ1n) is 18.0. The Morgan fingerprint density at radius 3 is 2.00 bits per heavy atom.